The molecule has 122 valence electrons. The van der Waals surface area contributed by atoms with Crippen molar-refractivity contribution < 1.29 is 29.6 Å². The first-order valence-electron chi connectivity index (χ1n) is 7.23. The molecule has 2 rings (SSSR count). The van der Waals surface area contributed by atoms with Gasteiger partial charge in [0, 0.05) is 12.5 Å². The number of carbonyl (C=O) groups is 2. The van der Waals surface area contributed by atoms with Gasteiger partial charge in [0.2, 0.25) is 0 Å². The van der Waals surface area contributed by atoms with Crippen molar-refractivity contribution in [1.82, 2.24) is 0 Å². The molecule has 1 heterocycles. The monoisotopic (exact) mass is 318 g/mol. The number of aromatic hydroxyl groups is 2. The van der Waals surface area contributed by atoms with Crippen LogP contribution in [-0.4, -0.2) is 39.8 Å². The zero-order valence-corrected chi connectivity index (χ0v) is 12.4. The standard InChI is InChI=1S/C17H18O6/c18-12-4-1-2-7-23-17(22)16-11(8-13(19)6-3-5-12)9-14(20)10-15(16)21/h1,3-4,6,9-10,12,18,20-21H,2,5,7-8H2/b4-1+,6-3+/t12-/m0/s1. The van der Waals surface area contributed by atoms with Gasteiger partial charge in [0.25, 0.3) is 0 Å². The molecule has 1 aromatic carbocycles. The van der Waals surface area contributed by atoms with Crippen LogP contribution in [0.3, 0.4) is 0 Å². The van der Waals surface area contributed by atoms with E-state index in [9.17, 15) is 24.9 Å². The summed E-state index contributed by atoms with van der Waals surface area (Å²) in [6, 6.07) is 2.28. The Kier molecular flexibility index (Phi) is 5.54. The largest absolute Gasteiger partial charge is 0.508 e. The average Bonchev–Trinajstić information content (AvgIpc) is 2.45. The molecular formula is C17H18O6. The lowest BCUT2D eigenvalue weighted by molar-refractivity contribution is -0.114. The van der Waals surface area contributed by atoms with E-state index in [1.807, 2.05) is 0 Å². The molecular weight excluding hydrogens is 300 g/mol. The van der Waals surface area contributed by atoms with Gasteiger partial charge in [0.15, 0.2) is 5.78 Å². The maximum atomic E-state index is 12.1. The molecule has 1 atom stereocenters. The predicted octanol–water partition coefficient (Wildman–Crippen LogP) is 1.63. The number of hydrogen-bond donors (Lipinski definition) is 3. The number of cyclic esters (lactones) is 1. The van der Waals surface area contributed by atoms with Crippen LogP contribution in [0.2, 0.25) is 0 Å². The van der Waals surface area contributed by atoms with Crippen molar-refractivity contribution in [1.29, 1.82) is 0 Å². The van der Waals surface area contributed by atoms with E-state index in [1.165, 1.54) is 12.1 Å². The van der Waals surface area contributed by atoms with Crippen LogP contribution in [0, 0.1) is 0 Å². The fraction of sp³-hybridized carbons (Fsp3) is 0.294. The first kappa shape index (κ1) is 16.8. The van der Waals surface area contributed by atoms with Crippen LogP contribution in [0.15, 0.2) is 36.4 Å². The molecule has 0 saturated heterocycles. The van der Waals surface area contributed by atoms with Gasteiger partial charge in [-0.05, 0) is 30.5 Å². The van der Waals surface area contributed by atoms with Gasteiger partial charge in [-0.15, -0.1) is 0 Å². The van der Waals surface area contributed by atoms with Crippen molar-refractivity contribution in [2.45, 2.75) is 25.4 Å². The van der Waals surface area contributed by atoms with Crippen LogP contribution in [0.4, 0.5) is 0 Å². The number of ether oxygens (including phenoxy) is 1. The Morgan fingerprint density at radius 2 is 1.91 bits per heavy atom. The number of hydrogen-bond acceptors (Lipinski definition) is 6. The predicted molar refractivity (Wildman–Crippen MR) is 82.3 cm³/mol. The second-order valence-corrected chi connectivity index (χ2v) is 5.20. The van der Waals surface area contributed by atoms with Crippen LogP contribution < -0.4 is 0 Å². The summed E-state index contributed by atoms with van der Waals surface area (Å²) >= 11 is 0. The molecule has 0 fully saturated rings. The Balaban J connectivity index is 2.36. The van der Waals surface area contributed by atoms with Gasteiger partial charge < -0.3 is 20.1 Å². The number of phenols is 2. The van der Waals surface area contributed by atoms with E-state index in [0.717, 1.165) is 6.07 Å². The van der Waals surface area contributed by atoms with Gasteiger partial charge in [0.1, 0.15) is 17.1 Å². The Bertz CT molecular complexity index is 659. The van der Waals surface area contributed by atoms with E-state index in [-0.39, 0.29) is 35.7 Å². The number of aliphatic hydroxyl groups is 1. The molecule has 6 heteroatoms. The number of benzene rings is 1. The summed E-state index contributed by atoms with van der Waals surface area (Å²) in [4.78, 5) is 24.1. The number of esters is 1. The van der Waals surface area contributed by atoms with E-state index in [4.69, 9.17) is 4.74 Å². The first-order valence-corrected chi connectivity index (χ1v) is 7.23. The van der Waals surface area contributed by atoms with Crippen LogP contribution in [0.5, 0.6) is 11.5 Å². The molecule has 0 amide bonds. The van der Waals surface area contributed by atoms with Crippen molar-refractivity contribution in [3.8, 4) is 11.5 Å². The molecule has 1 aliphatic rings. The Morgan fingerprint density at radius 1 is 1.13 bits per heavy atom. The molecule has 0 unspecified atom stereocenters. The van der Waals surface area contributed by atoms with Crippen molar-refractivity contribution in [2.75, 3.05) is 6.61 Å². The Morgan fingerprint density at radius 3 is 2.70 bits per heavy atom. The van der Waals surface area contributed by atoms with Crippen molar-refractivity contribution >= 4 is 11.8 Å². The number of ketones is 1. The normalized spacial score (nSPS) is 22.6. The highest BCUT2D eigenvalue weighted by Crippen LogP contribution is 2.28. The molecule has 0 aromatic heterocycles. The topological polar surface area (TPSA) is 104 Å². The molecule has 0 saturated carbocycles. The first-order chi connectivity index (χ1) is 11.0. The number of carbonyl (C=O) groups excluding carboxylic acids is 2. The second-order valence-electron chi connectivity index (χ2n) is 5.20. The van der Waals surface area contributed by atoms with Crippen LogP contribution in [0.25, 0.3) is 0 Å². The summed E-state index contributed by atoms with van der Waals surface area (Å²) < 4.78 is 5.06. The lowest BCUT2D eigenvalue weighted by Crippen LogP contribution is -2.12. The molecule has 6 nitrogen and oxygen atoms in total. The molecule has 0 radical (unpaired) electrons. The summed E-state index contributed by atoms with van der Waals surface area (Å²) in [5, 5.41) is 29.1. The lowest BCUT2D eigenvalue weighted by atomic mass is 10.00. The molecule has 1 aliphatic heterocycles. The molecule has 1 aromatic rings. The van der Waals surface area contributed by atoms with Crippen LogP contribution in [0.1, 0.15) is 28.8 Å². The quantitative estimate of drug-likeness (QED) is 0.496. The smallest absolute Gasteiger partial charge is 0.342 e. The Hall–Kier alpha value is -2.60. The number of fused-ring (bicyclic) bond motifs is 1. The van der Waals surface area contributed by atoms with Crippen LogP contribution in [-0.2, 0) is 16.0 Å². The average molecular weight is 318 g/mol. The fourth-order valence-corrected chi connectivity index (χ4v) is 2.25. The van der Waals surface area contributed by atoms with E-state index in [2.05, 4.69) is 0 Å². The van der Waals surface area contributed by atoms with Crippen molar-refractivity contribution in [3.63, 3.8) is 0 Å². The van der Waals surface area contributed by atoms with Gasteiger partial charge in [0.05, 0.1) is 12.7 Å². The second kappa shape index (κ2) is 7.60. The third-order valence-electron chi connectivity index (χ3n) is 3.31. The molecule has 0 bridgehead atoms. The summed E-state index contributed by atoms with van der Waals surface area (Å²) in [6.45, 7) is 0.0750. The summed E-state index contributed by atoms with van der Waals surface area (Å²) in [7, 11) is 0. The summed E-state index contributed by atoms with van der Waals surface area (Å²) in [5.74, 6) is -1.76. The third kappa shape index (κ3) is 4.69. The number of aliphatic hydroxyl groups excluding tert-OH is 1. The highest BCUT2D eigenvalue weighted by molar-refractivity contribution is 5.98. The van der Waals surface area contributed by atoms with E-state index < -0.39 is 17.8 Å². The van der Waals surface area contributed by atoms with Gasteiger partial charge in [-0.25, -0.2) is 4.79 Å². The van der Waals surface area contributed by atoms with Gasteiger partial charge in [-0.1, -0.05) is 18.2 Å². The minimum Gasteiger partial charge on any atom is -0.508 e. The minimum atomic E-state index is -0.764. The zero-order chi connectivity index (χ0) is 16.8. The number of phenolic OH excluding ortho intramolecular Hbond substituents is 2. The zero-order valence-electron chi connectivity index (χ0n) is 12.4. The number of allylic oxidation sites excluding steroid dienone is 1. The third-order valence-corrected chi connectivity index (χ3v) is 3.31. The Labute approximate surface area is 133 Å². The maximum absolute atomic E-state index is 12.1. The van der Waals surface area contributed by atoms with Crippen LogP contribution >= 0.6 is 0 Å². The SMILES string of the molecule is O=C1/C=C/C[C@@H](O)/C=C/CCOC(=O)c2c(O)cc(O)cc2C1. The van der Waals surface area contributed by atoms with Crippen molar-refractivity contribution in [2.24, 2.45) is 0 Å². The fourth-order valence-electron chi connectivity index (χ4n) is 2.25. The maximum Gasteiger partial charge on any atom is 0.342 e. The van der Waals surface area contributed by atoms with E-state index in [1.54, 1.807) is 18.2 Å². The van der Waals surface area contributed by atoms with Gasteiger partial charge >= 0.3 is 5.97 Å². The molecule has 3 N–H and O–H groups in total. The van der Waals surface area contributed by atoms with Gasteiger partial charge in [-0.2, -0.15) is 0 Å². The van der Waals surface area contributed by atoms with E-state index in [0.29, 0.717) is 12.8 Å². The molecule has 0 aliphatic carbocycles. The molecule has 0 spiro atoms. The molecule has 23 heavy (non-hydrogen) atoms. The summed E-state index contributed by atoms with van der Waals surface area (Å²) in [6.07, 6.45) is 5.92. The highest BCUT2D eigenvalue weighted by atomic mass is 16.5. The highest BCUT2D eigenvalue weighted by Gasteiger charge is 2.20. The number of rotatable bonds is 0. The van der Waals surface area contributed by atoms with Crippen molar-refractivity contribution in [3.05, 3.63) is 47.6 Å². The van der Waals surface area contributed by atoms with Gasteiger partial charge in [-0.3, -0.25) is 4.79 Å². The lowest BCUT2D eigenvalue weighted by Gasteiger charge is -2.11. The summed E-state index contributed by atoms with van der Waals surface area (Å²) in [5.41, 5.74) is 0.0703. The minimum absolute atomic E-state index is 0.0750. The van der Waals surface area contributed by atoms with E-state index >= 15 is 0 Å².